The molecule has 0 amide bonds. The minimum absolute atomic E-state index is 0.00755. The van der Waals surface area contributed by atoms with Crippen LogP contribution in [-0.2, 0) is 7.05 Å². The number of hydrogen-bond donors (Lipinski definition) is 0. The lowest BCUT2D eigenvalue weighted by atomic mass is 10.0. The molecule has 1 aliphatic heterocycles. The minimum Gasteiger partial charge on any atom is -0.495 e. The zero-order valence-corrected chi connectivity index (χ0v) is 20.0. The van der Waals surface area contributed by atoms with Gasteiger partial charge in [0, 0.05) is 38.3 Å². The molecule has 9 heteroatoms. The first-order valence-corrected chi connectivity index (χ1v) is 11.2. The quantitative estimate of drug-likeness (QED) is 0.588. The molecular formula is C25H27N7O2. The molecule has 174 valence electrons. The van der Waals surface area contributed by atoms with Crippen molar-refractivity contribution in [3.63, 3.8) is 0 Å². The van der Waals surface area contributed by atoms with Gasteiger partial charge < -0.3 is 14.2 Å². The Hall–Kier alpha value is -3.95. The highest BCUT2D eigenvalue weighted by Gasteiger charge is 2.35. The summed E-state index contributed by atoms with van der Waals surface area (Å²) in [6.07, 6.45) is 1.72. The molecule has 3 aromatic rings. The van der Waals surface area contributed by atoms with Crippen LogP contribution in [0.2, 0.25) is 0 Å². The smallest absolute Gasteiger partial charge is 0.270 e. The number of aryl methyl sites for hydroxylation is 1. The number of ether oxygens (including phenoxy) is 1. The van der Waals surface area contributed by atoms with Gasteiger partial charge in [0.2, 0.25) is 0 Å². The van der Waals surface area contributed by atoms with Crippen molar-refractivity contribution in [3.8, 4) is 17.9 Å². The Labute approximate surface area is 198 Å². The van der Waals surface area contributed by atoms with E-state index in [1.807, 2.05) is 12.1 Å². The second kappa shape index (κ2) is 9.12. The van der Waals surface area contributed by atoms with Gasteiger partial charge in [-0.25, -0.2) is 4.98 Å². The highest BCUT2D eigenvalue weighted by Crippen LogP contribution is 2.34. The first kappa shape index (κ1) is 23.2. The van der Waals surface area contributed by atoms with Crippen LogP contribution in [0.5, 0.6) is 5.75 Å². The Morgan fingerprint density at radius 2 is 1.88 bits per heavy atom. The maximum absolute atomic E-state index is 13.0. The Kier molecular flexibility index (Phi) is 6.23. The largest absolute Gasteiger partial charge is 0.495 e. The summed E-state index contributed by atoms with van der Waals surface area (Å²) in [6.45, 7) is 7.63. The van der Waals surface area contributed by atoms with Gasteiger partial charge >= 0.3 is 0 Å². The summed E-state index contributed by atoms with van der Waals surface area (Å²) in [7, 11) is 3.24. The van der Waals surface area contributed by atoms with Gasteiger partial charge in [-0.2, -0.15) is 10.5 Å². The number of pyridine rings is 3. The van der Waals surface area contributed by atoms with E-state index in [-0.39, 0.29) is 34.9 Å². The summed E-state index contributed by atoms with van der Waals surface area (Å²) in [5.41, 5.74) is 2.47. The van der Waals surface area contributed by atoms with Gasteiger partial charge in [-0.15, -0.1) is 0 Å². The second-order valence-electron chi connectivity index (χ2n) is 8.72. The van der Waals surface area contributed by atoms with E-state index in [1.54, 1.807) is 32.5 Å². The van der Waals surface area contributed by atoms with Crippen LogP contribution in [0.3, 0.4) is 0 Å². The molecular weight excluding hydrogens is 430 g/mol. The van der Waals surface area contributed by atoms with Gasteiger partial charge in [0.05, 0.1) is 30.2 Å². The summed E-state index contributed by atoms with van der Waals surface area (Å²) in [5.74, 6) is 0.716. The van der Waals surface area contributed by atoms with Gasteiger partial charge in [-0.1, -0.05) is 0 Å². The minimum atomic E-state index is -0.366. The molecule has 0 radical (unpaired) electrons. The lowest BCUT2D eigenvalue weighted by Crippen LogP contribution is -2.57. The molecule has 4 rings (SSSR count). The third-order valence-corrected chi connectivity index (χ3v) is 6.68. The van der Waals surface area contributed by atoms with E-state index in [4.69, 9.17) is 4.74 Å². The van der Waals surface area contributed by atoms with Crippen molar-refractivity contribution in [2.24, 2.45) is 7.05 Å². The van der Waals surface area contributed by atoms with Crippen LogP contribution >= 0.6 is 0 Å². The molecule has 0 spiro atoms. The summed E-state index contributed by atoms with van der Waals surface area (Å²) in [4.78, 5) is 26.6. The Balaban J connectivity index is 1.75. The van der Waals surface area contributed by atoms with Crippen LogP contribution in [0.4, 0.5) is 5.69 Å². The first-order valence-electron chi connectivity index (χ1n) is 11.2. The predicted molar refractivity (Wildman–Crippen MR) is 129 cm³/mol. The van der Waals surface area contributed by atoms with Crippen molar-refractivity contribution in [2.75, 3.05) is 25.1 Å². The fourth-order valence-electron chi connectivity index (χ4n) is 4.77. The predicted octanol–water partition coefficient (Wildman–Crippen LogP) is 2.74. The molecule has 1 fully saturated rings. The molecule has 3 atom stereocenters. The van der Waals surface area contributed by atoms with Gasteiger partial charge in [0.25, 0.3) is 5.56 Å². The lowest BCUT2D eigenvalue weighted by Gasteiger charge is -2.47. The molecule has 0 saturated carbocycles. The number of nitrogens with zero attached hydrogens (tertiary/aromatic N) is 7. The van der Waals surface area contributed by atoms with Crippen molar-refractivity contribution < 1.29 is 4.74 Å². The number of aromatic nitrogens is 3. The van der Waals surface area contributed by atoms with Crippen molar-refractivity contribution in [2.45, 2.75) is 38.9 Å². The molecule has 3 aromatic heterocycles. The maximum Gasteiger partial charge on any atom is 0.270 e. The molecule has 1 saturated heterocycles. The molecule has 34 heavy (non-hydrogen) atoms. The van der Waals surface area contributed by atoms with E-state index in [2.05, 4.69) is 52.7 Å². The average Bonchev–Trinajstić information content (AvgIpc) is 2.86. The number of anilines is 1. The SMILES string of the molecule is COc1ccc(C(C)N2C[C@H](C)N(c3c(C#N)c(=O)n(C)c4ccc(C#N)nc34)CC2C)nc1. The van der Waals surface area contributed by atoms with E-state index in [0.29, 0.717) is 35.6 Å². The van der Waals surface area contributed by atoms with Crippen molar-refractivity contribution in [1.82, 2.24) is 19.4 Å². The number of hydrogen-bond acceptors (Lipinski definition) is 8. The number of methoxy groups -OCH3 is 1. The van der Waals surface area contributed by atoms with Crippen LogP contribution in [0.15, 0.2) is 35.3 Å². The van der Waals surface area contributed by atoms with Gasteiger partial charge in [0.1, 0.15) is 34.7 Å². The standard InChI is InChI=1S/C25H27N7O2/c1-15-14-32(16(2)13-31(15)17(3)21-8-7-19(34-5)12-28-21)24-20(11-27)25(33)30(4)22-9-6-18(10-26)29-23(22)24/h6-9,12,15-17H,13-14H2,1-5H3/t15?,16-,17?/m0/s1. The third-order valence-electron chi connectivity index (χ3n) is 6.68. The van der Waals surface area contributed by atoms with E-state index in [9.17, 15) is 15.3 Å². The van der Waals surface area contributed by atoms with E-state index < -0.39 is 0 Å². The molecule has 0 bridgehead atoms. The van der Waals surface area contributed by atoms with Crippen LogP contribution in [0.1, 0.15) is 43.8 Å². The van der Waals surface area contributed by atoms with E-state index in [1.165, 1.54) is 4.57 Å². The molecule has 9 nitrogen and oxygen atoms in total. The Morgan fingerprint density at radius 1 is 1.12 bits per heavy atom. The highest BCUT2D eigenvalue weighted by molar-refractivity contribution is 5.92. The Bertz CT molecular complexity index is 1370. The maximum atomic E-state index is 13.0. The van der Waals surface area contributed by atoms with Gasteiger partial charge in [-0.3, -0.25) is 14.7 Å². The summed E-state index contributed by atoms with van der Waals surface area (Å²) in [5, 5.41) is 19.3. The monoisotopic (exact) mass is 457 g/mol. The molecule has 0 aliphatic carbocycles. The second-order valence-corrected chi connectivity index (χ2v) is 8.72. The number of nitriles is 2. The number of piperazine rings is 1. The van der Waals surface area contributed by atoms with Crippen molar-refractivity contribution in [3.05, 3.63) is 57.8 Å². The zero-order chi connectivity index (χ0) is 24.6. The molecule has 2 unspecified atom stereocenters. The third kappa shape index (κ3) is 3.85. The topological polar surface area (TPSA) is 111 Å². The van der Waals surface area contributed by atoms with Crippen LogP contribution in [-0.4, -0.2) is 51.7 Å². The van der Waals surface area contributed by atoms with E-state index in [0.717, 1.165) is 5.69 Å². The average molecular weight is 458 g/mol. The van der Waals surface area contributed by atoms with Crippen molar-refractivity contribution in [1.29, 1.82) is 10.5 Å². The normalized spacial score (nSPS) is 19.4. The fraction of sp³-hybridized carbons (Fsp3) is 0.400. The first-order chi connectivity index (χ1) is 16.3. The Morgan fingerprint density at radius 3 is 2.50 bits per heavy atom. The van der Waals surface area contributed by atoms with Crippen LogP contribution in [0.25, 0.3) is 11.0 Å². The molecule has 0 N–H and O–H groups in total. The van der Waals surface area contributed by atoms with E-state index >= 15 is 0 Å². The highest BCUT2D eigenvalue weighted by atomic mass is 16.5. The van der Waals surface area contributed by atoms with Gasteiger partial charge in [-0.05, 0) is 45.0 Å². The summed E-state index contributed by atoms with van der Waals surface area (Å²) in [6, 6.07) is 11.5. The number of rotatable bonds is 4. The number of fused-ring (bicyclic) bond motifs is 1. The van der Waals surface area contributed by atoms with Crippen LogP contribution in [0, 0.1) is 22.7 Å². The summed E-state index contributed by atoms with van der Waals surface area (Å²) < 4.78 is 6.65. The fourth-order valence-corrected chi connectivity index (χ4v) is 4.77. The van der Waals surface area contributed by atoms with Crippen molar-refractivity contribution >= 4 is 16.7 Å². The lowest BCUT2D eigenvalue weighted by molar-refractivity contribution is 0.117. The molecule has 0 aromatic carbocycles. The van der Waals surface area contributed by atoms with Crippen LogP contribution < -0.4 is 15.2 Å². The van der Waals surface area contributed by atoms with Gasteiger partial charge in [0.15, 0.2) is 0 Å². The summed E-state index contributed by atoms with van der Waals surface area (Å²) >= 11 is 0. The zero-order valence-electron chi connectivity index (χ0n) is 20.0. The molecule has 4 heterocycles. The molecule has 1 aliphatic rings.